The number of hydrogen-bond acceptors (Lipinski definition) is 0. The smallest absolute Gasteiger partial charge is 0.0162 e. The second-order valence-corrected chi connectivity index (χ2v) is 4.72. The quantitative estimate of drug-likeness (QED) is 0.574. The van der Waals surface area contributed by atoms with E-state index in [4.69, 9.17) is 0 Å². The fourth-order valence-electron chi connectivity index (χ4n) is 2.55. The average Bonchev–Trinajstić information content (AvgIpc) is 2.44. The molecule has 0 aromatic heterocycles. The van der Waals surface area contributed by atoms with Crippen LogP contribution in [0.1, 0.15) is 50.5 Å². The van der Waals surface area contributed by atoms with Gasteiger partial charge in [-0.1, -0.05) is 56.5 Å². The molecule has 2 atom stereocenters. The monoisotopic (exact) mass is 188 g/mol. The Hall–Kier alpha value is -0.780. The Kier molecular flexibility index (Phi) is 3.23. The Labute approximate surface area is 87.3 Å². The van der Waals surface area contributed by atoms with E-state index in [1.165, 1.54) is 32.1 Å². The van der Waals surface area contributed by atoms with Crippen molar-refractivity contribution >= 4 is 0 Å². The second kappa shape index (κ2) is 4.63. The van der Waals surface area contributed by atoms with Gasteiger partial charge in [0.05, 0.1) is 0 Å². The van der Waals surface area contributed by atoms with E-state index in [-0.39, 0.29) is 0 Å². The first-order valence-corrected chi connectivity index (χ1v) is 5.91. The van der Waals surface area contributed by atoms with Gasteiger partial charge >= 0.3 is 0 Å². The first-order chi connectivity index (χ1) is 6.86. The standard InChI is InChI=1S/C14H20/c1-12-6-5-9-14(11-10-12)13-7-3-2-4-8-13/h2-4,7-8,12,14H,5-6,9-11H2,1H3/t12-,14+/m1/s1. The van der Waals surface area contributed by atoms with Crippen LogP contribution in [0.3, 0.4) is 0 Å². The molecule has 0 heterocycles. The van der Waals surface area contributed by atoms with Crippen LogP contribution in [0.25, 0.3) is 0 Å². The minimum atomic E-state index is 0.834. The molecule has 0 radical (unpaired) electrons. The minimum Gasteiger partial charge on any atom is -0.0625 e. The van der Waals surface area contributed by atoms with Crippen LogP contribution in [0.4, 0.5) is 0 Å². The maximum absolute atomic E-state index is 2.40. The van der Waals surface area contributed by atoms with Gasteiger partial charge in [-0.3, -0.25) is 0 Å². The molecule has 1 fully saturated rings. The summed E-state index contributed by atoms with van der Waals surface area (Å²) in [6.07, 6.45) is 7.06. The molecular weight excluding hydrogens is 168 g/mol. The van der Waals surface area contributed by atoms with Gasteiger partial charge in [0, 0.05) is 0 Å². The van der Waals surface area contributed by atoms with E-state index in [0.717, 1.165) is 11.8 Å². The third-order valence-corrected chi connectivity index (χ3v) is 3.53. The fraction of sp³-hybridized carbons (Fsp3) is 0.571. The van der Waals surface area contributed by atoms with Crippen LogP contribution in [0.2, 0.25) is 0 Å². The van der Waals surface area contributed by atoms with Crippen molar-refractivity contribution in [3.05, 3.63) is 35.9 Å². The normalized spacial score (nSPS) is 28.4. The zero-order valence-electron chi connectivity index (χ0n) is 9.08. The predicted octanol–water partition coefficient (Wildman–Crippen LogP) is 4.37. The highest BCUT2D eigenvalue weighted by atomic mass is 14.2. The van der Waals surface area contributed by atoms with Gasteiger partial charge in [-0.15, -0.1) is 0 Å². The summed E-state index contributed by atoms with van der Waals surface area (Å²) < 4.78 is 0. The first-order valence-electron chi connectivity index (χ1n) is 5.91. The molecule has 0 N–H and O–H groups in total. The lowest BCUT2D eigenvalue weighted by Crippen LogP contribution is -1.97. The highest BCUT2D eigenvalue weighted by molar-refractivity contribution is 5.19. The van der Waals surface area contributed by atoms with Crippen molar-refractivity contribution in [3.63, 3.8) is 0 Å². The van der Waals surface area contributed by atoms with Gasteiger partial charge in [0.2, 0.25) is 0 Å². The van der Waals surface area contributed by atoms with Crippen molar-refractivity contribution in [3.8, 4) is 0 Å². The Morgan fingerprint density at radius 3 is 2.50 bits per heavy atom. The highest BCUT2D eigenvalue weighted by Crippen LogP contribution is 2.33. The van der Waals surface area contributed by atoms with E-state index in [0.29, 0.717) is 0 Å². The summed E-state index contributed by atoms with van der Waals surface area (Å²) in [5, 5.41) is 0. The third-order valence-electron chi connectivity index (χ3n) is 3.53. The summed E-state index contributed by atoms with van der Waals surface area (Å²) in [7, 11) is 0. The predicted molar refractivity (Wildman–Crippen MR) is 61.4 cm³/mol. The molecule has 1 aromatic carbocycles. The van der Waals surface area contributed by atoms with E-state index in [1.54, 1.807) is 5.56 Å². The van der Waals surface area contributed by atoms with E-state index in [2.05, 4.69) is 37.3 Å². The van der Waals surface area contributed by atoms with Crippen LogP contribution >= 0.6 is 0 Å². The molecule has 1 aromatic rings. The van der Waals surface area contributed by atoms with Crippen molar-refractivity contribution in [1.29, 1.82) is 0 Å². The van der Waals surface area contributed by atoms with Gasteiger partial charge in [0.1, 0.15) is 0 Å². The van der Waals surface area contributed by atoms with Gasteiger partial charge in [-0.25, -0.2) is 0 Å². The summed E-state index contributed by atoms with van der Waals surface area (Å²) in [4.78, 5) is 0. The fourth-order valence-corrected chi connectivity index (χ4v) is 2.55. The summed E-state index contributed by atoms with van der Waals surface area (Å²) in [5.74, 6) is 1.78. The van der Waals surface area contributed by atoms with Gasteiger partial charge in [-0.05, 0) is 30.2 Å². The lowest BCUT2D eigenvalue weighted by Gasteiger charge is -2.14. The van der Waals surface area contributed by atoms with Crippen LogP contribution in [-0.2, 0) is 0 Å². The SMILES string of the molecule is C[C@@H]1CCC[C@H](c2ccccc2)CC1. The highest BCUT2D eigenvalue weighted by Gasteiger charge is 2.16. The molecule has 0 unspecified atom stereocenters. The van der Waals surface area contributed by atoms with Crippen molar-refractivity contribution in [2.45, 2.75) is 44.9 Å². The maximum atomic E-state index is 2.40. The summed E-state index contributed by atoms with van der Waals surface area (Å²) in [6.45, 7) is 2.40. The number of rotatable bonds is 1. The van der Waals surface area contributed by atoms with Gasteiger partial charge < -0.3 is 0 Å². The molecule has 0 heteroatoms. The van der Waals surface area contributed by atoms with Gasteiger partial charge in [0.25, 0.3) is 0 Å². The van der Waals surface area contributed by atoms with Crippen molar-refractivity contribution in [1.82, 2.24) is 0 Å². The summed E-state index contributed by atoms with van der Waals surface area (Å²) in [5.41, 5.74) is 1.56. The van der Waals surface area contributed by atoms with E-state index >= 15 is 0 Å². The third kappa shape index (κ3) is 2.37. The second-order valence-electron chi connectivity index (χ2n) is 4.72. The van der Waals surface area contributed by atoms with Crippen molar-refractivity contribution in [2.75, 3.05) is 0 Å². The van der Waals surface area contributed by atoms with Crippen LogP contribution in [0.5, 0.6) is 0 Å². The lowest BCUT2D eigenvalue weighted by molar-refractivity contribution is 0.499. The molecular formula is C14H20. The van der Waals surface area contributed by atoms with Crippen LogP contribution in [-0.4, -0.2) is 0 Å². The van der Waals surface area contributed by atoms with E-state index < -0.39 is 0 Å². The van der Waals surface area contributed by atoms with Gasteiger partial charge in [0.15, 0.2) is 0 Å². The zero-order chi connectivity index (χ0) is 9.80. The molecule has 1 aliphatic rings. The number of benzene rings is 1. The molecule has 76 valence electrons. The zero-order valence-corrected chi connectivity index (χ0v) is 9.08. The molecule has 0 amide bonds. The van der Waals surface area contributed by atoms with Crippen molar-refractivity contribution < 1.29 is 0 Å². The molecule has 14 heavy (non-hydrogen) atoms. The largest absolute Gasteiger partial charge is 0.0625 e. The Balaban J connectivity index is 2.04. The van der Waals surface area contributed by atoms with Crippen molar-refractivity contribution in [2.24, 2.45) is 5.92 Å². The molecule has 0 nitrogen and oxygen atoms in total. The Morgan fingerprint density at radius 2 is 1.71 bits per heavy atom. The Morgan fingerprint density at radius 1 is 0.929 bits per heavy atom. The summed E-state index contributed by atoms with van der Waals surface area (Å²) in [6, 6.07) is 11.0. The molecule has 0 saturated heterocycles. The summed E-state index contributed by atoms with van der Waals surface area (Å²) >= 11 is 0. The molecule has 1 aliphatic carbocycles. The van der Waals surface area contributed by atoms with Crippen LogP contribution in [0.15, 0.2) is 30.3 Å². The first kappa shape index (κ1) is 9.76. The van der Waals surface area contributed by atoms with Crippen LogP contribution in [0, 0.1) is 5.92 Å². The average molecular weight is 188 g/mol. The minimum absolute atomic E-state index is 0.834. The molecule has 1 saturated carbocycles. The number of hydrogen-bond donors (Lipinski definition) is 0. The molecule has 0 spiro atoms. The maximum Gasteiger partial charge on any atom is -0.0162 e. The van der Waals surface area contributed by atoms with E-state index in [9.17, 15) is 0 Å². The molecule has 0 aliphatic heterocycles. The topological polar surface area (TPSA) is 0 Å². The lowest BCUT2D eigenvalue weighted by atomic mass is 9.91. The van der Waals surface area contributed by atoms with Gasteiger partial charge in [-0.2, -0.15) is 0 Å². The Bertz CT molecular complexity index is 263. The van der Waals surface area contributed by atoms with Crippen LogP contribution < -0.4 is 0 Å². The molecule has 0 bridgehead atoms. The van der Waals surface area contributed by atoms with E-state index in [1.807, 2.05) is 0 Å². The molecule has 2 rings (SSSR count).